The fourth-order valence-corrected chi connectivity index (χ4v) is 0.416. The van der Waals surface area contributed by atoms with E-state index in [2.05, 4.69) is 4.74 Å². The first-order chi connectivity index (χ1) is 5.17. The molecule has 60 valence electrons. The van der Waals surface area contributed by atoms with Crippen LogP contribution in [0.25, 0.3) is 0 Å². The number of allylic oxidation sites excluding steroid dienone is 1. The van der Waals surface area contributed by atoms with E-state index in [9.17, 15) is 9.90 Å². The van der Waals surface area contributed by atoms with Crippen molar-refractivity contribution in [1.29, 1.82) is 5.26 Å². The van der Waals surface area contributed by atoms with Crippen molar-refractivity contribution in [3.8, 4) is 6.07 Å². The molecule has 0 atom stereocenters. The zero-order valence-electron chi connectivity index (χ0n) is 7.20. The minimum atomic E-state index is -0.742. The number of rotatable bonds is 1. The number of ether oxygens (including phenoxy) is 1. The fourth-order valence-electron chi connectivity index (χ4n) is 0.416. The molecule has 0 N–H and O–H groups in total. The molecule has 0 aliphatic rings. The van der Waals surface area contributed by atoms with Crippen LogP contribution in [0.3, 0.4) is 0 Å². The third kappa shape index (κ3) is 3.62. The molecule has 0 radical (unpaired) electrons. The van der Waals surface area contributed by atoms with Crippen LogP contribution in [-0.2, 0) is 4.74 Å². The Morgan fingerprint density at radius 3 is 2.50 bits per heavy atom. The van der Waals surface area contributed by atoms with Crippen LogP contribution in [0, 0.1) is 11.3 Å². The molecule has 0 bridgehead atoms. The van der Waals surface area contributed by atoms with Crippen molar-refractivity contribution in [3.63, 3.8) is 0 Å². The van der Waals surface area contributed by atoms with E-state index in [1.54, 1.807) is 6.07 Å². The second-order valence-electron chi connectivity index (χ2n) is 1.64. The first-order valence-electron chi connectivity index (χ1n) is 2.71. The van der Waals surface area contributed by atoms with Gasteiger partial charge < -0.3 is 9.84 Å². The summed E-state index contributed by atoms with van der Waals surface area (Å²) in [5, 5.41) is 18.4. The second kappa shape index (κ2) is 6.98. The summed E-state index contributed by atoms with van der Waals surface area (Å²) in [5.74, 6) is 0. The Morgan fingerprint density at radius 1 is 1.75 bits per heavy atom. The molecule has 0 heterocycles. The number of amides is 1. The minimum Gasteiger partial charge on any atom is -0.876 e. The summed E-state index contributed by atoms with van der Waals surface area (Å²) >= 11 is 0. The van der Waals surface area contributed by atoms with E-state index >= 15 is 0 Å². The molecule has 5 nitrogen and oxygen atoms in total. The van der Waals surface area contributed by atoms with Crippen LogP contribution in [0.4, 0.5) is 4.79 Å². The van der Waals surface area contributed by atoms with Gasteiger partial charge in [0, 0.05) is 7.05 Å². The van der Waals surface area contributed by atoms with Crippen molar-refractivity contribution in [3.05, 3.63) is 12.0 Å². The molecule has 6 heteroatoms. The van der Waals surface area contributed by atoms with Gasteiger partial charge in [-0.25, -0.2) is 4.79 Å². The van der Waals surface area contributed by atoms with E-state index in [0.29, 0.717) is 0 Å². The van der Waals surface area contributed by atoms with Crippen molar-refractivity contribution in [1.82, 2.24) is 4.90 Å². The van der Waals surface area contributed by atoms with Crippen LogP contribution in [-0.4, -0.2) is 25.2 Å². The number of nitriles is 1. The molecule has 0 aliphatic carbocycles. The Balaban J connectivity index is 0. The van der Waals surface area contributed by atoms with Crippen molar-refractivity contribution in [2.45, 2.75) is 0 Å². The van der Waals surface area contributed by atoms with Gasteiger partial charge in [-0.3, -0.25) is 4.90 Å². The number of carbonyl (C=O) groups excluding carboxylic acids is 1. The van der Waals surface area contributed by atoms with E-state index in [1.807, 2.05) is 0 Å². The Labute approximate surface area is 92.5 Å². The second-order valence-corrected chi connectivity index (χ2v) is 1.64. The van der Waals surface area contributed by atoms with Crippen molar-refractivity contribution in [2.24, 2.45) is 0 Å². The van der Waals surface area contributed by atoms with Crippen molar-refractivity contribution >= 4 is 6.09 Å². The summed E-state index contributed by atoms with van der Waals surface area (Å²) in [5.41, 5.74) is -0.281. The summed E-state index contributed by atoms with van der Waals surface area (Å²) in [6.45, 7) is 0. The Bertz CT molecular complexity index is 221. The largest absolute Gasteiger partial charge is 1.00 e. The van der Waals surface area contributed by atoms with Gasteiger partial charge in [0.05, 0.1) is 7.11 Å². The third-order valence-corrected chi connectivity index (χ3v) is 1.04. The van der Waals surface area contributed by atoms with Crippen LogP contribution in [0.15, 0.2) is 12.0 Å². The van der Waals surface area contributed by atoms with Crippen molar-refractivity contribution in [2.75, 3.05) is 14.2 Å². The molecule has 0 aromatic carbocycles. The molecular weight excluding hydrogens is 171 g/mol. The molecule has 0 unspecified atom stereocenters. The Kier molecular flexibility index (Phi) is 8.06. The maximum Gasteiger partial charge on any atom is 1.00 e. The normalized spacial score (nSPS) is 9.25. The predicted molar refractivity (Wildman–Crippen MR) is 33.9 cm³/mol. The molecule has 0 saturated carbocycles. The maximum absolute atomic E-state index is 10.6. The SMILES string of the molecule is COC(=O)N(C)C(C#N)=C[O-].[Na+]. The molecule has 0 rings (SSSR count). The molecule has 12 heavy (non-hydrogen) atoms. The molecule has 0 spiro atoms. The van der Waals surface area contributed by atoms with Gasteiger partial charge in [-0.15, -0.1) is 6.26 Å². The van der Waals surface area contributed by atoms with Gasteiger partial charge in [-0.05, 0) is 0 Å². The summed E-state index contributed by atoms with van der Waals surface area (Å²) in [7, 11) is 2.44. The molecule has 0 aromatic rings. The van der Waals surface area contributed by atoms with Crippen LogP contribution < -0.4 is 34.7 Å². The number of hydrogen-bond donors (Lipinski definition) is 0. The smallest absolute Gasteiger partial charge is 0.876 e. The van der Waals surface area contributed by atoms with Crippen molar-refractivity contribution < 1.29 is 44.2 Å². The monoisotopic (exact) mass is 178 g/mol. The first-order valence-corrected chi connectivity index (χ1v) is 2.71. The topological polar surface area (TPSA) is 76.4 Å². The number of methoxy groups -OCH3 is 1. The number of hydrogen-bond acceptors (Lipinski definition) is 4. The van der Waals surface area contributed by atoms with Crippen LogP contribution in [0.5, 0.6) is 0 Å². The summed E-state index contributed by atoms with van der Waals surface area (Å²) in [6.07, 6.45) is -0.453. The van der Waals surface area contributed by atoms with E-state index < -0.39 is 6.09 Å². The number of carbonyl (C=O) groups is 1. The summed E-state index contributed by atoms with van der Waals surface area (Å²) in [6, 6.07) is 1.54. The number of nitrogens with zero attached hydrogens (tertiary/aromatic N) is 2. The summed E-state index contributed by atoms with van der Waals surface area (Å²) in [4.78, 5) is 11.5. The Morgan fingerprint density at radius 2 is 2.25 bits per heavy atom. The molecular formula is C6H7N2NaO3. The van der Waals surface area contributed by atoms with Gasteiger partial charge in [0.25, 0.3) is 0 Å². The van der Waals surface area contributed by atoms with Gasteiger partial charge in [0.15, 0.2) is 0 Å². The van der Waals surface area contributed by atoms with Crippen LogP contribution in [0.1, 0.15) is 0 Å². The van der Waals surface area contributed by atoms with E-state index in [4.69, 9.17) is 5.26 Å². The zero-order chi connectivity index (χ0) is 8.85. The predicted octanol–water partition coefficient (Wildman–Crippen LogP) is -3.59. The molecule has 0 aromatic heterocycles. The van der Waals surface area contributed by atoms with Gasteiger partial charge in [-0.1, -0.05) is 0 Å². The minimum absolute atomic E-state index is 0. The Hall–Kier alpha value is -0.700. The average Bonchev–Trinajstić information content (AvgIpc) is 2.05. The first kappa shape index (κ1) is 13.9. The van der Waals surface area contributed by atoms with Gasteiger partial charge in [-0.2, -0.15) is 5.26 Å². The third-order valence-electron chi connectivity index (χ3n) is 1.04. The average molecular weight is 178 g/mol. The van der Waals surface area contributed by atoms with Crippen LogP contribution in [0.2, 0.25) is 0 Å². The van der Waals surface area contributed by atoms with E-state index in [0.717, 1.165) is 4.90 Å². The molecule has 0 saturated heterocycles. The standard InChI is InChI=1S/C6H8N2O3.Na/c1-8(6(10)11-2)5(3-7)4-9;/h4,9H,1-2H3;/q;+1/p-1. The summed E-state index contributed by atoms with van der Waals surface area (Å²) < 4.78 is 4.25. The molecule has 0 fully saturated rings. The van der Waals surface area contributed by atoms with Gasteiger partial charge in [0.2, 0.25) is 0 Å². The van der Waals surface area contributed by atoms with E-state index in [1.165, 1.54) is 14.2 Å². The van der Waals surface area contributed by atoms with E-state index in [-0.39, 0.29) is 41.5 Å². The zero-order valence-corrected chi connectivity index (χ0v) is 9.20. The fraction of sp³-hybridized carbons (Fsp3) is 0.333. The van der Waals surface area contributed by atoms with Crippen LogP contribution >= 0.6 is 0 Å². The maximum atomic E-state index is 10.6. The molecule has 0 aliphatic heterocycles. The van der Waals surface area contributed by atoms with Gasteiger partial charge >= 0.3 is 35.7 Å². The quantitative estimate of drug-likeness (QED) is 0.236. The van der Waals surface area contributed by atoms with Gasteiger partial charge in [0.1, 0.15) is 11.8 Å². The molecule has 1 amide bonds.